The van der Waals surface area contributed by atoms with Crippen molar-refractivity contribution in [1.82, 2.24) is 15.2 Å². The molecule has 9 nitrogen and oxygen atoms in total. The van der Waals surface area contributed by atoms with E-state index in [2.05, 4.69) is 5.10 Å². The Balaban J connectivity index is 0.00000144. The van der Waals surface area contributed by atoms with Crippen LogP contribution in [0.4, 0.5) is 5.88 Å². The van der Waals surface area contributed by atoms with Crippen LogP contribution in [0.15, 0.2) is 26.1 Å². The Kier molecular flexibility index (Phi) is 3.99. The predicted octanol–water partition coefficient (Wildman–Crippen LogP) is -0.754. The molecule has 2 aromatic heterocycles. The number of hydrogen-bond donors (Lipinski definition) is 2. The molecule has 0 saturated carbocycles. The minimum absolute atomic E-state index is 0. The van der Waals surface area contributed by atoms with Gasteiger partial charge >= 0.3 is 11.6 Å². The Labute approximate surface area is 114 Å². The van der Waals surface area contributed by atoms with Gasteiger partial charge in [0.25, 0.3) is 5.56 Å². The standard InChI is InChI=1S/C7H4N4O5.Na/c12-6-5(9-10-7(13)8-6)3-1-2-4(16-3)11(14)15;/h1-2H,(H2,8,10,12,13);. The van der Waals surface area contributed by atoms with Crippen LogP contribution in [0.3, 0.4) is 0 Å². The summed E-state index contributed by atoms with van der Waals surface area (Å²) < 4.78 is 4.75. The van der Waals surface area contributed by atoms with E-state index in [9.17, 15) is 19.7 Å². The monoisotopic (exact) mass is 247 g/mol. The summed E-state index contributed by atoms with van der Waals surface area (Å²) in [6.45, 7) is 0. The Hall–Kier alpha value is -1.71. The average Bonchev–Trinajstić information content (AvgIpc) is 2.66. The van der Waals surface area contributed by atoms with Crippen molar-refractivity contribution < 1.29 is 9.34 Å². The summed E-state index contributed by atoms with van der Waals surface area (Å²) in [5.41, 5.74) is -1.78. The molecule has 2 rings (SSSR count). The Morgan fingerprint density at radius 2 is 2.06 bits per heavy atom. The third kappa shape index (κ3) is 2.70. The minimum Gasteiger partial charge on any atom is -0.399 e. The van der Waals surface area contributed by atoms with Gasteiger partial charge in [0.2, 0.25) is 0 Å². The van der Waals surface area contributed by atoms with Crippen LogP contribution in [0.25, 0.3) is 11.5 Å². The van der Waals surface area contributed by atoms with Crippen LogP contribution >= 0.6 is 0 Å². The van der Waals surface area contributed by atoms with Gasteiger partial charge in [-0.3, -0.25) is 19.9 Å². The largest absolute Gasteiger partial charge is 0.433 e. The number of nitrogens with one attached hydrogen (secondary N) is 2. The first-order chi connectivity index (χ1) is 7.58. The van der Waals surface area contributed by atoms with E-state index in [1.807, 2.05) is 10.1 Å². The van der Waals surface area contributed by atoms with Crippen molar-refractivity contribution in [3.8, 4) is 11.5 Å². The van der Waals surface area contributed by atoms with Crippen LogP contribution < -0.4 is 11.2 Å². The fraction of sp³-hybridized carbons (Fsp3) is 0. The van der Waals surface area contributed by atoms with Gasteiger partial charge < -0.3 is 4.42 Å². The number of nitrogens with zero attached hydrogens (tertiary/aromatic N) is 2. The number of rotatable bonds is 2. The van der Waals surface area contributed by atoms with Gasteiger partial charge in [0.15, 0.2) is 11.5 Å². The molecule has 2 N–H and O–H groups in total. The summed E-state index contributed by atoms with van der Waals surface area (Å²) in [5.74, 6) is -0.605. The SMILES string of the molecule is O=c1[nH]nc(-c2ccc([N+](=O)[O-])o2)c(=O)[nH]1.[Na]. The summed E-state index contributed by atoms with van der Waals surface area (Å²) in [7, 11) is 0. The van der Waals surface area contributed by atoms with Crippen molar-refractivity contribution >= 4 is 35.4 Å². The second-order valence-electron chi connectivity index (χ2n) is 2.75. The van der Waals surface area contributed by atoms with E-state index in [1.165, 1.54) is 6.07 Å². The first-order valence-corrected chi connectivity index (χ1v) is 4.01. The van der Waals surface area contributed by atoms with E-state index in [4.69, 9.17) is 4.42 Å². The number of nitro groups is 1. The van der Waals surface area contributed by atoms with Gasteiger partial charge in [-0.2, -0.15) is 5.10 Å². The Bertz CT molecular complexity index is 657. The van der Waals surface area contributed by atoms with Gasteiger partial charge in [-0.05, 0) is 6.07 Å². The van der Waals surface area contributed by atoms with E-state index in [1.54, 1.807) is 0 Å². The number of aromatic nitrogens is 3. The Morgan fingerprint density at radius 3 is 2.59 bits per heavy atom. The molecule has 0 aliphatic rings. The maximum atomic E-state index is 11.3. The fourth-order valence-electron chi connectivity index (χ4n) is 1.07. The molecule has 0 atom stereocenters. The van der Waals surface area contributed by atoms with Crippen LogP contribution in [0.2, 0.25) is 0 Å². The summed E-state index contributed by atoms with van der Waals surface area (Å²) in [4.78, 5) is 33.4. The summed E-state index contributed by atoms with van der Waals surface area (Å²) in [6, 6.07) is 2.30. The fourth-order valence-corrected chi connectivity index (χ4v) is 1.07. The zero-order valence-corrected chi connectivity index (χ0v) is 10.6. The molecule has 83 valence electrons. The van der Waals surface area contributed by atoms with Crippen molar-refractivity contribution in [2.75, 3.05) is 0 Å². The molecule has 0 aromatic carbocycles. The van der Waals surface area contributed by atoms with Crippen molar-refractivity contribution in [3.05, 3.63) is 43.1 Å². The van der Waals surface area contributed by atoms with E-state index in [0.29, 0.717) is 0 Å². The van der Waals surface area contributed by atoms with Crippen molar-refractivity contribution in [1.29, 1.82) is 0 Å². The molecule has 10 heteroatoms. The maximum Gasteiger partial charge on any atom is 0.433 e. The van der Waals surface area contributed by atoms with Crippen LogP contribution in [-0.2, 0) is 0 Å². The molecule has 0 spiro atoms. The molecule has 2 aromatic rings. The van der Waals surface area contributed by atoms with Gasteiger partial charge in [0, 0.05) is 29.6 Å². The molecule has 17 heavy (non-hydrogen) atoms. The van der Waals surface area contributed by atoms with Gasteiger partial charge in [-0.15, -0.1) is 0 Å². The van der Waals surface area contributed by atoms with E-state index >= 15 is 0 Å². The van der Waals surface area contributed by atoms with Gasteiger partial charge in [0.1, 0.15) is 4.92 Å². The first-order valence-electron chi connectivity index (χ1n) is 4.01. The third-order valence-electron chi connectivity index (χ3n) is 1.72. The second kappa shape index (κ2) is 5.08. The van der Waals surface area contributed by atoms with Crippen molar-refractivity contribution in [3.63, 3.8) is 0 Å². The quantitative estimate of drug-likeness (QED) is 0.407. The topological polar surface area (TPSA) is 135 Å². The zero-order valence-electron chi connectivity index (χ0n) is 8.59. The zero-order chi connectivity index (χ0) is 11.7. The maximum absolute atomic E-state index is 11.3. The second-order valence-corrected chi connectivity index (χ2v) is 2.75. The van der Waals surface area contributed by atoms with Crippen LogP contribution in [0, 0.1) is 10.1 Å². The number of H-pyrrole nitrogens is 2. The Morgan fingerprint density at radius 1 is 1.35 bits per heavy atom. The normalized spacial score (nSPS) is 9.65. The van der Waals surface area contributed by atoms with Gasteiger partial charge in [0.05, 0.1) is 6.07 Å². The molecule has 0 aliphatic heterocycles. The minimum atomic E-state index is -0.784. The molecule has 0 saturated heterocycles. The first kappa shape index (κ1) is 13.4. The van der Waals surface area contributed by atoms with Crippen molar-refractivity contribution in [2.24, 2.45) is 0 Å². The molecule has 0 unspecified atom stereocenters. The van der Waals surface area contributed by atoms with Crippen LogP contribution in [-0.4, -0.2) is 49.7 Å². The average molecular weight is 247 g/mol. The molecular weight excluding hydrogens is 243 g/mol. The van der Waals surface area contributed by atoms with Gasteiger partial charge in [-0.25, -0.2) is 9.89 Å². The molecule has 0 amide bonds. The number of aromatic amines is 2. The third-order valence-corrected chi connectivity index (χ3v) is 1.72. The predicted molar refractivity (Wildman–Crippen MR) is 55.6 cm³/mol. The van der Waals surface area contributed by atoms with Crippen LogP contribution in [0.5, 0.6) is 0 Å². The number of hydrogen-bond acceptors (Lipinski definition) is 6. The molecule has 0 aliphatic carbocycles. The molecule has 0 bridgehead atoms. The van der Waals surface area contributed by atoms with E-state index in [0.717, 1.165) is 6.07 Å². The molecule has 0 fully saturated rings. The van der Waals surface area contributed by atoms with Gasteiger partial charge in [-0.1, -0.05) is 0 Å². The summed E-state index contributed by atoms with van der Waals surface area (Å²) in [5, 5.41) is 15.7. The number of furan rings is 1. The van der Waals surface area contributed by atoms with E-state index in [-0.39, 0.29) is 41.0 Å². The summed E-state index contributed by atoms with van der Waals surface area (Å²) in [6.07, 6.45) is 0. The van der Waals surface area contributed by atoms with Crippen molar-refractivity contribution in [2.45, 2.75) is 0 Å². The smallest absolute Gasteiger partial charge is 0.399 e. The summed E-state index contributed by atoms with van der Waals surface area (Å²) >= 11 is 0. The molecule has 1 radical (unpaired) electrons. The molecule has 2 heterocycles. The van der Waals surface area contributed by atoms with Crippen LogP contribution in [0.1, 0.15) is 0 Å². The van der Waals surface area contributed by atoms with E-state index < -0.39 is 22.1 Å². The molecular formula is C7H4N4NaO5.